The molecule has 16 heavy (non-hydrogen) atoms. The van der Waals surface area contributed by atoms with E-state index in [1.54, 1.807) is 24.3 Å². The summed E-state index contributed by atoms with van der Waals surface area (Å²) >= 11 is 0. The maximum atomic E-state index is 12.7. The zero-order valence-corrected chi connectivity index (χ0v) is 8.56. The van der Waals surface area contributed by atoms with Crippen LogP contribution in [0.3, 0.4) is 0 Å². The first-order valence-corrected chi connectivity index (χ1v) is 4.89. The summed E-state index contributed by atoms with van der Waals surface area (Å²) in [6.45, 7) is 0. The van der Waals surface area contributed by atoms with Gasteiger partial charge < -0.3 is 9.68 Å². The van der Waals surface area contributed by atoms with Gasteiger partial charge in [0.1, 0.15) is 11.6 Å². The van der Waals surface area contributed by atoms with Gasteiger partial charge in [0.05, 0.1) is 0 Å². The summed E-state index contributed by atoms with van der Waals surface area (Å²) in [5, 5.41) is 8.57. The summed E-state index contributed by atoms with van der Waals surface area (Å²) < 4.78 is 17.6. The Morgan fingerprint density at radius 3 is 1.88 bits per heavy atom. The maximum Gasteiger partial charge on any atom is 0.504 e. The normalized spacial score (nSPS) is 9.88. The van der Waals surface area contributed by atoms with Crippen LogP contribution in [0.1, 0.15) is 0 Å². The Kier molecular flexibility index (Phi) is 3.22. The molecule has 0 radical (unpaired) electrons. The summed E-state index contributed by atoms with van der Waals surface area (Å²) in [6.07, 6.45) is 0. The molecule has 0 spiro atoms. The highest BCUT2D eigenvalue weighted by Gasteiger charge is 1.99. The largest absolute Gasteiger partial charge is 0.539 e. The van der Waals surface area contributed by atoms with Gasteiger partial charge in [-0.25, -0.2) is 4.39 Å². The van der Waals surface area contributed by atoms with Gasteiger partial charge in [-0.3, -0.25) is 0 Å². The highest BCUT2D eigenvalue weighted by Crippen LogP contribution is 2.22. The van der Waals surface area contributed by atoms with E-state index in [2.05, 4.69) is 0 Å². The van der Waals surface area contributed by atoms with Crippen LogP contribution >= 0.6 is 0 Å². The molecular formula is C12H10BFO2. The van der Waals surface area contributed by atoms with Crippen LogP contribution in [0.25, 0.3) is 11.1 Å². The second kappa shape index (κ2) is 4.81. The Balaban J connectivity index is 2.24. The van der Waals surface area contributed by atoms with E-state index in [0.29, 0.717) is 5.75 Å². The molecule has 0 aliphatic rings. The maximum absolute atomic E-state index is 12.7. The number of rotatable bonds is 3. The molecule has 0 saturated heterocycles. The molecular weight excluding hydrogens is 206 g/mol. The predicted molar refractivity (Wildman–Crippen MR) is 61.8 cm³/mol. The van der Waals surface area contributed by atoms with Gasteiger partial charge in [-0.2, -0.15) is 0 Å². The summed E-state index contributed by atoms with van der Waals surface area (Å²) in [5.74, 6) is 0.359. The first-order valence-electron chi connectivity index (χ1n) is 4.89. The van der Waals surface area contributed by atoms with Gasteiger partial charge in [0, 0.05) is 0 Å². The molecule has 0 unspecified atom stereocenters. The molecule has 2 nitrogen and oxygen atoms in total. The second-order valence-corrected chi connectivity index (χ2v) is 3.30. The van der Waals surface area contributed by atoms with E-state index in [1.165, 1.54) is 12.1 Å². The lowest BCUT2D eigenvalue weighted by Gasteiger charge is -2.04. The Labute approximate surface area is 93.6 Å². The molecule has 0 aromatic heterocycles. The highest BCUT2D eigenvalue weighted by atomic mass is 19.1. The fraction of sp³-hybridized carbons (Fsp3) is 0. The average Bonchev–Trinajstić information content (AvgIpc) is 2.32. The smallest absolute Gasteiger partial charge is 0.504 e. The van der Waals surface area contributed by atoms with Gasteiger partial charge in [-0.1, -0.05) is 24.3 Å². The Bertz CT molecular complexity index is 453. The molecule has 0 heterocycles. The third-order valence-corrected chi connectivity index (χ3v) is 2.26. The zero-order valence-electron chi connectivity index (χ0n) is 8.56. The Morgan fingerprint density at radius 2 is 1.38 bits per heavy atom. The fourth-order valence-electron chi connectivity index (χ4n) is 1.46. The molecule has 0 bridgehead atoms. The lowest BCUT2D eigenvalue weighted by molar-refractivity contribution is 0.454. The lowest BCUT2D eigenvalue weighted by atomic mass is 10.1. The van der Waals surface area contributed by atoms with Crippen molar-refractivity contribution < 1.29 is 14.1 Å². The summed E-state index contributed by atoms with van der Waals surface area (Å²) in [7, 11) is -0.337. The minimum absolute atomic E-state index is 0.246. The molecule has 0 amide bonds. The van der Waals surface area contributed by atoms with Crippen molar-refractivity contribution in [2.24, 2.45) is 0 Å². The first-order chi connectivity index (χ1) is 7.79. The van der Waals surface area contributed by atoms with E-state index in [1.807, 2.05) is 12.1 Å². The molecule has 4 heteroatoms. The summed E-state index contributed by atoms with van der Waals surface area (Å²) in [4.78, 5) is 0. The molecule has 0 saturated carbocycles. The first kappa shape index (κ1) is 10.7. The van der Waals surface area contributed by atoms with Crippen LogP contribution in [0.15, 0.2) is 48.5 Å². The third-order valence-electron chi connectivity index (χ3n) is 2.26. The van der Waals surface area contributed by atoms with E-state index >= 15 is 0 Å². The monoisotopic (exact) mass is 216 g/mol. The van der Waals surface area contributed by atoms with Crippen molar-refractivity contribution in [2.75, 3.05) is 0 Å². The topological polar surface area (TPSA) is 29.5 Å². The molecule has 0 atom stereocenters. The van der Waals surface area contributed by atoms with Gasteiger partial charge in [0.15, 0.2) is 0 Å². The minimum Gasteiger partial charge on any atom is -0.539 e. The standard InChI is InChI=1S/C12H10BFO2/c14-11-5-1-9(2-6-11)10-3-7-12(8-4-10)16-13-15/h1-8,13,15H. The van der Waals surface area contributed by atoms with Gasteiger partial charge in [0.2, 0.25) is 0 Å². The van der Waals surface area contributed by atoms with Crippen molar-refractivity contribution in [3.8, 4) is 16.9 Å². The van der Waals surface area contributed by atoms with Crippen molar-refractivity contribution in [3.05, 3.63) is 54.3 Å². The highest BCUT2D eigenvalue weighted by molar-refractivity contribution is 6.17. The fourth-order valence-corrected chi connectivity index (χ4v) is 1.46. The lowest BCUT2D eigenvalue weighted by Crippen LogP contribution is -1.99. The van der Waals surface area contributed by atoms with Crippen LogP contribution < -0.4 is 4.65 Å². The molecule has 2 rings (SSSR count). The van der Waals surface area contributed by atoms with Crippen LogP contribution in [0.5, 0.6) is 5.75 Å². The van der Waals surface area contributed by atoms with E-state index < -0.39 is 0 Å². The molecule has 2 aromatic carbocycles. The van der Waals surface area contributed by atoms with Crippen LogP contribution in [0, 0.1) is 5.82 Å². The second-order valence-electron chi connectivity index (χ2n) is 3.30. The third kappa shape index (κ3) is 2.41. The molecule has 1 N–H and O–H groups in total. The Hall–Kier alpha value is -1.81. The molecule has 0 aliphatic carbocycles. The van der Waals surface area contributed by atoms with E-state index in [0.717, 1.165) is 11.1 Å². The van der Waals surface area contributed by atoms with E-state index in [4.69, 9.17) is 9.68 Å². The summed E-state index contributed by atoms with van der Waals surface area (Å²) in [5.41, 5.74) is 1.92. The quantitative estimate of drug-likeness (QED) is 0.796. The number of hydrogen-bond acceptors (Lipinski definition) is 2. The molecule has 80 valence electrons. The molecule has 0 fully saturated rings. The van der Waals surface area contributed by atoms with Crippen molar-refractivity contribution in [1.29, 1.82) is 0 Å². The van der Waals surface area contributed by atoms with E-state index in [-0.39, 0.29) is 13.5 Å². The van der Waals surface area contributed by atoms with Crippen molar-refractivity contribution in [1.82, 2.24) is 0 Å². The van der Waals surface area contributed by atoms with Gasteiger partial charge in [-0.15, -0.1) is 0 Å². The predicted octanol–water partition coefficient (Wildman–Crippen LogP) is 2.13. The average molecular weight is 216 g/mol. The SMILES string of the molecule is OBOc1ccc(-c2ccc(F)cc2)cc1. The van der Waals surface area contributed by atoms with Gasteiger partial charge in [-0.05, 0) is 35.4 Å². The summed E-state index contributed by atoms with van der Waals surface area (Å²) in [6, 6.07) is 13.5. The van der Waals surface area contributed by atoms with Gasteiger partial charge in [0.25, 0.3) is 0 Å². The zero-order chi connectivity index (χ0) is 11.4. The van der Waals surface area contributed by atoms with Gasteiger partial charge >= 0.3 is 7.69 Å². The van der Waals surface area contributed by atoms with Crippen LogP contribution in [0.2, 0.25) is 0 Å². The van der Waals surface area contributed by atoms with Crippen molar-refractivity contribution in [2.45, 2.75) is 0 Å². The van der Waals surface area contributed by atoms with E-state index in [9.17, 15) is 4.39 Å². The van der Waals surface area contributed by atoms with Crippen molar-refractivity contribution in [3.63, 3.8) is 0 Å². The van der Waals surface area contributed by atoms with Crippen LogP contribution in [-0.4, -0.2) is 12.7 Å². The molecule has 0 aliphatic heterocycles. The number of benzene rings is 2. The number of halogens is 1. The minimum atomic E-state index is -0.337. The number of hydrogen-bond donors (Lipinski definition) is 1. The Morgan fingerprint density at radius 1 is 0.875 bits per heavy atom. The molecule has 2 aromatic rings. The van der Waals surface area contributed by atoms with Crippen LogP contribution in [0.4, 0.5) is 4.39 Å². The van der Waals surface area contributed by atoms with Crippen LogP contribution in [-0.2, 0) is 0 Å². The van der Waals surface area contributed by atoms with Crippen molar-refractivity contribution >= 4 is 7.69 Å².